The summed E-state index contributed by atoms with van der Waals surface area (Å²) >= 11 is 12.3. The first-order valence-corrected chi connectivity index (χ1v) is 7.36. The van der Waals surface area contributed by atoms with Crippen molar-refractivity contribution in [3.8, 4) is 0 Å². The fourth-order valence-electron chi connectivity index (χ4n) is 2.92. The molecule has 1 fully saturated rings. The smallest absolute Gasteiger partial charge is 0.0911 e. The summed E-state index contributed by atoms with van der Waals surface area (Å²) in [5.41, 5.74) is -0.00762. The van der Waals surface area contributed by atoms with Crippen LogP contribution in [-0.2, 0) is 5.60 Å². The summed E-state index contributed by atoms with van der Waals surface area (Å²) in [5, 5.41) is 11.8. The minimum Gasteiger partial charge on any atom is -0.385 e. The molecule has 1 saturated carbocycles. The number of benzene rings is 1. The Morgan fingerprint density at radius 1 is 1.22 bits per heavy atom. The summed E-state index contributed by atoms with van der Waals surface area (Å²) in [5.74, 6) is 1.40. The van der Waals surface area contributed by atoms with E-state index in [1.807, 2.05) is 12.1 Å². The maximum absolute atomic E-state index is 10.8. The van der Waals surface area contributed by atoms with Gasteiger partial charge in [0.05, 0.1) is 15.6 Å². The van der Waals surface area contributed by atoms with E-state index in [0.29, 0.717) is 21.9 Å². The SMILES string of the molecule is CC(C)C1CCC(O)(c2cccc(Cl)c2Cl)CC1. The van der Waals surface area contributed by atoms with E-state index in [-0.39, 0.29) is 0 Å². The van der Waals surface area contributed by atoms with Gasteiger partial charge in [-0.05, 0) is 43.6 Å². The lowest BCUT2D eigenvalue weighted by Gasteiger charge is -2.38. The van der Waals surface area contributed by atoms with Crippen molar-refractivity contribution in [1.29, 1.82) is 0 Å². The van der Waals surface area contributed by atoms with Gasteiger partial charge >= 0.3 is 0 Å². The van der Waals surface area contributed by atoms with Crippen LogP contribution in [0.2, 0.25) is 10.0 Å². The second-order valence-corrected chi connectivity index (χ2v) is 6.50. The molecule has 0 spiro atoms. The predicted octanol–water partition coefficient (Wildman–Crippen LogP) is 5.03. The summed E-state index contributed by atoms with van der Waals surface area (Å²) in [6.07, 6.45) is 3.65. The molecule has 100 valence electrons. The molecule has 1 nitrogen and oxygen atoms in total. The standard InChI is InChI=1S/C15H20Cl2O/c1-10(2)11-6-8-15(18,9-7-11)12-4-3-5-13(16)14(12)17/h3-5,10-11,18H,6-9H2,1-2H3. The first-order valence-electron chi connectivity index (χ1n) is 6.61. The molecule has 0 unspecified atom stereocenters. The Hall–Kier alpha value is -0.240. The van der Waals surface area contributed by atoms with Crippen molar-refractivity contribution in [3.05, 3.63) is 33.8 Å². The van der Waals surface area contributed by atoms with E-state index in [9.17, 15) is 5.11 Å². The van der Waals surface area contributed by atoms with E-state index < -0.39 is 5.60 Å². The molecule has 18 heavy (non-hydrogen) atoms. The van der Waals surface area contributed by atoms with Crippen LogP contribution in [0.15, 0.2) is 18.2 Å². The lowest BCUT2D eigenvalue weighted by Crippen LogP contribution is -2.33. The van der Waals surface area contributed by atoms with Gasteiger partial charge in [-0.2, -0.15) is 0 Å². The van der Waals surface area contributed by atoms with E-state index >= 15 is 0 Å². The third-order valence-corrected chi connectivity index (χ3v) is 5.07. The molecule has 0 amide bonds. The Balaban J connectivity index is 2.21. The first kappa shape index (κ1) is 14.2. The van der Waals surface area contributed by atoms with E-state index in [1.54, 1.807) is 6.07 Å². The molecule has 0 bridgehead atoms. The maximum atomic E-state index is 10.8. The average molecular weight is 287 g/mol. The van der Waals surface area contributed by atoms with Crippen molar-refractivity contribution >= 4 is 23.2 Å². The van der Waals surface area contributed by atoms with Gasteiger partial charge in [-0.3, -0.25) is 0 Å². The Kier molecular flexibility index (Phi) is 4.25. The summed E-state index contributed by atoms with van der Waals surface area (Å²) in [6.45, 7) is 4.50. The molecule has 1 N–H and O–H groups in total. The van der Waals surface area contributed by atoms with E-state index in [0.717, 1.165) is 31.2 Å². The Labute approximate surface area is 119 Å². The highest BCUT2D eigenvalue weighted by Gasteiger charge is 2.37. The summed E-state index contributed by atoms with van der Waals surface area (Å²) < 4.78 is 0. The molecule has 0 radical (unpaired) electrons. The van der Waals surface area contributed by atoms with Crippen molar-refractivity contribution in [3.63, 3.8) is 0 Å². The molecule has 1 aliphatic rings. The van der Waals surface area contributed by atoms with Gasteiger partial charge in [0.1, 0.15) is 0 Å². The highest BCUT2D eigenvalue weighted by Crippen LogP contribution is 2.45. The molecule has 1 aromatic rings. The van der Waals surface area contributed by atoms with Crippen molar-refractivity contribution in [2.45, 2.75) is 45.1 Å². The number of hydrogen-bond acceptors (Lipinski definition) is 1. The second-order valence-electron chi connectivity index (χ2n) is 5.71. The number of aliphatic hydroxyl groups is 1. The molecular formula is C15H20Cl2O. The molecule has 1 aromatic carbocycles. The lowest BCUT2D eigenvalue weighted by molar-refractivity contribution is -0.0198. The number of hydrogen-bond donors (Lipinski definition) is 1. The third-order valence-electron chi connectivity index (χ3n) is 4.25. The van der Waals surface area contributed by atoms with Crippen LogP contribution in [0.1, 0.15) is 45.1 Å². The molecule has 1 aliphatic carbocycles. The molecule has 2 rings (SSSR count). The largest absolute Gasteiger partial charge is 0.385 e. The minimum absolute atomic E-state index is 0.504. The molecule has 0 atom stereocenters. The van der Waals surface area contributed by atoms with Gasteiger partial charge in [0.25, 0.3) is 0 Å². The van der Waals surface area contributed by atoms with Gasteiger partial charge in [-0.25, -0.2) is 0 Å². The quantitative estimate of drug-likeness (QED) is 0.809. The molecule has 3 heteroatoms. The van der Waals surface area contributed by atoms with Crippen molar-refractivity contribution < 1.29 is 5.11 Å². The van der Waals surface area contributed by atoms with Crippen LogP contribution in [0.25, 0.3) is 0 Å². The third kappa shape index (κ3) is 2.68. The van der Waals surface area contributed by atoms with Crippen molar-refractivity contribution in [2.75, 3.05) is 0 Å². The Morgan fingerprint density at radius 3 is 2.39 bits per heavy atom. The van der Waals surface area contributed by atoms with E-state index in [2.05, 4.69) is 13.8 Å². The van der Waals surface area contributed by atoms with Gasteiger partial charge in [0, 0.05) is 5.56 Å². The zero-order valence-electron chi connectivity index (χ0n) is 10.9. The molecule has 0 heterocycles. The van der Waals surface area contributed by atoms with Crippen LogP contribution in [0.4, 0.5) is 0 Å². The minimum atomic E-state index is -0.798. The first-order chi connectivity index (χ1) is 8.44. The number of halogens is 2. The summed E-state index contributed by atoms with van der Waals surface area (Å²) in [6, 6.07) is 5.51. The summed E-state index contributed by atoms with van der Waals surface area (Å²) in [4.78, 5) is 0. The topological polar surface area (TPSA) is 20.2 Å². The normalized spacial score (nSPS) is 28.7. The van der Waals surface area contributed by atoms with Gasteiger partial charge in [0.2, 0.25) is 0 Å². The summed E-state index contributed by atoms with van der Waals surface area (Å²) in [7, 11) is 0. The van der Waals surface area contributed by atoms with Crippen LogP contribution in [0.3, 0.4) is 0 Å². The maximum Gasteiger partial charge on any atom is 0.0911 e. The second kappa shape index (κ2) is 5.40. The van der Waals surface area contributed by atoms with Gasteiger partial charge in [-0.1, -0.05) is 49.2 Å². The van der Waals surface area contributed by atoms with Crippen LogP contribution < -0.4 is 0 Å². The van der Waals surface area contributed by atoms with Crippen molar-refractivity contribution in [1.82, 2.24) is 0 Å². The van der Waals surface area contributed by atoms with Crippen LogP contribution in [0, 0.1) is 11.8 Å². The van der Waals surface area contributed by atoms with Crippen molar-refractivity contribution in [2.24, 2.45) is 11.8 Å². The highest BCUT2D eigenvalue weighted by molar-refractivity contribution is 6.42. The Bertz CT molecular complexity index is 421. The average Bonchev–Trinajstić information content (AvgIpc) is 2.33. The van der Waals surface area contributed by atoms with Crippen LogP contribution in [-0.4, -0.2) is 5.11 Å². The lowest BCUT2D eigenvalue weighted by atomic mass is 9.72. The van der Waals surface area contributed by atoms with Gasteiger partial charge < -0.3 is 5.11 Å². The monoisotopic (exact) mass is 286 g/mol. The van der Waals surface area contributed by atoms with Crippen LogP contribution in [0.5, 0.6) is 0 Å². The molecular weight excluding hydrogens is 267 g/mol. The van der Waals surface area contributed by atoms with E-state index in [1.165, 1.54) is 0 Å². The fraction of sp³-hybridized carbons (Fsp3) is 0.600. The number of rotatable bonds is 2. The zero-order valence-corrected chi connectivity index (χ0v) is 12.4. The van der Waals surface area contributed by atoms with Crippen LogP contribution >= 0.6 is 23.2 Å². The molecule has 0 aromatic heterocycles. The molecule has 0 saturated heterocycles. The van der Waals surface area contributed by atoms with E-state index in [4.69, 9.17) is 23.2 Å². The zero-order chi connectivity index (χ0) is 13.3. The highest BCUT2D eigenvalue weighted by atomic mass is 35.5. The van der Waals surface area contributed by atoms with Gasteiger partial charge in [-0.15, -0.1) is 0 Å². The fourth-order valence-corrected chi connectivity index (χ4v) is 3.39. The molecule has 0 aliphatic heterocycles. The Morgan fingerprint density at radius 2 is 1.83 bits per heavy atom. The van der Waals surface area contributed by atoms with Gasteiger partial charge in [0.15, 0.2) is 0 Å². The predicted molar refractivity (Wildman–Crippen MR) is 77.2 cm³/mol.